The maximum Gasteiger partial charge on any atom is 0.250 e. The van der Waals surface area contributed by atoms with Crippen LogP contribution in [0.2, 0.25) is 0 Å². The number of aromatic nitrogens is 1. The van der Waals surface area contributed by atoms with E-state index in [-0.39, 0.29) is 11.9 Å². The van der Waals surface area contributed by atoms with Gasteiger partial charge < -0.3 is 20.1 Å². The molecule has 1 aromatic heterocycles. The third-order valence-electron chi connectivity index (χ3n) is 5.33. The van der Waals surface area contributed by atoms with E-state index in [1.54, 1.807) is 19.9 Å². The van der Waals surface area contributed by atoms with Crippen LogP contribution in [-0.4, -0.2) is 34.1 Å². The molecule has 0 spiro atoms. The SMILES string of the molecule is CCOc1nc(C)c(NC2NC(O)C=C3CCC(c4ccc(F)cc4F)N32)cc1F. The van der Waals surface area contributed by atoms with Crippen LogP contribution in [-0.2, 0) is 0 Å². The number of nitrogens with one attached hydrogen (secondary N) is 2. The van der Waals surface area contributed by atoms with Crippen LogP contribution >= 0.6 is 0 Å². The van der Waals surface area contributed by atoms with E-state index < -0.39 is 30.0 Å². The maximum atomic E-state index is 14.5. The molecule has 30 heavy (non-hydrogen) atoms. The molecule has 1 saturated heterocycles. The monoisotopic (exact) mass is 420 g/mol. The molecule has 0 amide bonds. The Morgan fingerprint density at radius 1 is 1.27 bits per heavy atom. The first-order valence-corrected chi connectivity index (χ1v) is 9.82. The van der Waals surface area contributed by atoms with Gasteiger partial charge in [-0.3, -0.25) is 5.32 Å². The first kappa shape index (κ1) is 20.5. The number of halogens is 3. The number of nitrogens with zero attached hydrogens (tertiary/aromatic N) is 2. The molecular formula is C21H23F3N4O2. The lowest BCUT2D eigenvalue weighted by atomic mass is 10.0. The molecule has 2 aliphatic heterocycles. The zero-order valence-corrected chi connectivity index (χ0v) is 16.6. The zero-order chi connectivity index (χ0) is 21.4. The van der Waals surface area contributed by atoms with E-state index in [0.717, 1.165) is 11.8 Å². The van der Waals surface area contributed by atoms with Gasteiger partial charge in [0.05, 0.1) is 24.0 Å². The Kier molecular flexibility index (Phi) is 5.57. The predicted molar refractivity (Wildman–Crippen MR) is 105 cm³/mol. The quantitative estimate of drug-likeness (QED) is 0.688. The molecule has 3 unspecified atom stereocenters. The number of hydrogen-bond donors (Lipinski definition) is 3. The van der Waals surface area contributed by atoms with E-state index >= 15 is 0 Å². The van der Waals surface area contributed by atoms with Crippen molar-refractivity contribution in [1.82, 2.24) is 15.2 Å². The number of allylic oxidation sites excluding steroid dienone is 1. The maximum absolute atomic E-state index is 14.5. The molecule has 3 heterocycles. The Bertz CT molecular complexity index is 985. The van der Waals surface area contributed by atoms with Crippen molar-refractivity contribution in [1.29, 1.82) is 0 Å². The van der Waals surface area contributed by atoms with E-state index in [1.165, 1.54) is 18.2 Å². The van der Waals surface area contributed by atoms with E-state index in [1.807, 2.05) is 4.90 Å². The minimum absolute atomic E-state index is 0.0785. The third kappa shape index (κ3) is 3.82. The summed E-state index contributed by atoms with van der Waals surface area (Å²) in [5.41, 5.74) is 2.10. The summed E-state index contributed by atoms with van der Waals surface area (Å²) in [5.74, 6) is -1.96. The number of aliphatic hydroxyl groups is 1. The molecule has 9 heteroatoms. The number of fused-ring (bicyclic) bond motifs is 1. The molecular weight excluding hydrogens is 397 g/mol. The van der Waals surface area contributed by atoms with Crippen molar-refractivity contribution in [3.05, 3.63) is 64.7 Å². The minimum atomic E-state index is -0.925. The molecule has 1 aromatic carbocycles. The fourth-order valence-corrected chi connectivity index (χ4v) is 4.02. The first-order chi connectivity index (χ1) is 14.4. The van der Waals surface area contributed by atoms with Crippen LogP contribution in [0.4, 0.5) is 18.9 Å². The zero-order valence-electron chi connectivity index (χ0n) is 16.6. The average molecular weight is 420 g/mol. The molecule has 0 saturated carbocycles. The first-order valence-electron chi connectivity index (χ1n) is 9.82. The van der Waals surface area contributed by atoms with Gasteiger partial charge in [-0.25, -0.2) is 18.2 Å². The van der Waals surface area contributed by atoms with Crippen molar-refractivity contribution >= 4 is 5.69 Å². The van der Waals surface area contributed by atoms with Crippen molar-refractivity contribution in [2.75, 3.05) is 11.9 Å². The number of rotatable bonds is 5. The van der Waals surface area contributed by atoms with Gasteiger partial charge in [-0.15, -0.1) is 0 Å². The van der Waals surface area contributed by atoms with Gasteiger partial charge in [-0.1, -0.05) is 6.07 Å². The Balaban J connectivity index is 1.66. The highest BCUT2D eigenvalue weighted by Gasteiger charge is 2.39. The topological polar surface area (TPSA) is 69.6 Å². The number of hydrogen-bond acceptors (Lipinski definition) is 6. The third-order valence-corrected chi connectivity index (χ3v) is 5.33. The summed E-state index contributed by atoms with van der Waals surface area (Å²) < 4.78 is 47.4. The summed E-state index contributed by atoms with van der Waals surface area (Å²) in [6.07, 6.45) is 1.29. The fraction of sp³-hybridized carbons (Fsp3) is 0.381. The Morgan fingerprint density at radius 2 is 2.07 bits per heavy atom. The lowest BCUT2D eigenvalue weighted by molar-refractivity contribution is 0.0893. The summed E-state index contributed by atoms with van der Waals surface area (Å²) in [6.45, 7) is 3.74. The second kappa shape index (κ2) is 8.16. The Labute approximate surface area is 172 Å². The van der Waals surface area contributed by atoms with E-state index in [4.69, 9.17) is 4.74 Å². The summed E-state index contributed by atoms with van der Waals surface area (Å²) in [7, 11) is 0. The van der Waals surface area contributed by atoms with Crippen molar-refractivity contribution in [2.24, 2.45) is 0 Å². The van der Waals surface area contributed by atoms with Crippen LogP contribution in [0.15, 0.2) is 36.0 Å². The molecule has 2 aromatic rings. The summed E-state index contributed by atoms with van der Waals surface area (Å²) in [5, 5.41) is 16.3. The van der Waals surface area contributed by atoms with Gasteiger partial charge in [0.2, 0.25) is 0 Å². The molecule has 160 valence electrons. The van der Waals surface area contributed by atoms with Gasteiger partial charge in [0.1, 0.15) is 17.9 Å². The van der Waals surface area contributed by atoms with E-state index in [2.05, 4.69) is 15.6 Å². The summed E-state index contributed by atoms with van der Waals surface area (Å²) in [4.78, 5) is 6.03. The largest absolute Gasteiger partial charge is 0.476 e. The van der Waals surface area contributed by atoms with Gasteiger partial charge in [-0.05, 0) is 38.8 Å². The van der Waals surface area contributed by atoms with Gasteiger partial charge in [0, 0.05) is 23.4 Å². The van der Waals surface area contributed by atoms with E-state index in [0.29, 0.717) is 36.4 Å². The summed E-state index contributed by atoms with van der Waals surface area (Å²) in [6, 6.07) is 4.43. The molecule has 0 aliphatic carbocycles. The molecule has 4 rings (SSSR count). The molecule has 3 N–H and O–H groups in total. The predicted octanol–water partition coefficient (Wildman–Crippen LogP) is 3.54. The lowest BCUT2D eigenvalue weighted by Gasteiger charge is -2.41. The highest BCUT2D eigenvalue weighted by molar-refractivity contribution is 5.50. The highest BCUT2D eigenvalue weighted by atomic mass is 19.1. The normalized spacial score (nSPS) is 23.2. The van der Waals surface area contributed by atoms with Crippen LogP contribution in [0, 0.1) is 24.4 Å². The van der Waals surface area contributed by atoms with Crippen molar-refractivity contribution in [3.8, 4) is 5.88 Å². The number of aryl methyl sites for hydroxylation is 1. The van der Waals surface area contributed by atoms with Crippen LogP contribution in [0.25, 0.3) is 0 Å². The van der Waals surface area contributed by atoms with Crippen molar-refractivity contribution in [3.63, 3.8) is 0 Å². The number of ether oxygens (including phenoxy) is 1. The number of pyridine rings is 1. The van der Waals surface area contributed by atoms with Crippen molar-refractivity contribution < 1.29 is 23.0 Å². The molecule has 0 radical (unpaired) electrons. The second-order valence-electron chi connectivity index (χ2n) is 7.29. The Hall–Kier alpha value is -2.78. The standard InChI is InChI=1S/C21H23F3N4O2/c1-3-30-20-16(24)10-17(11(2)25-20)26-21-27-19(29)9-13-5-7-18(28(13)21)14-6-4-12(22)8-15(14)23/h4,6,8-10,18-19,21,26-27,29H,3,5,7H2,1-2H3. The second-order valence-corrected chi connectivity index (χ2v) is 7.29. The van der Waals surface area contributed by atoms with Crippen LogP contribution in [0.5, 0.6) is 5.88 Å². The average Bonchev–Trinajstić information content (AvgIpc) is 3.09. The number of aliphatic hydroxyl groups excluding tert-OH is 1. The minimum Gasteiger partial charge on any atom is -0.476 e. The van der Waals surface area contributed by atoms with Gasteiger partial charge in [-0.2, -0.15) is 0 Å². The number of benzene rings is 1. The van der Waals surface area contributed by atoms with Crippen LogP contribution < -0.4 is 15.4 Å². The fourth-order valence-electron chi connectivity index (χ4n) is 4.02. The smallest absolute Gasteiger partial charge is 0.250 e. The summed E-state index contributed by atoms with van der Waals surface area (Å²) >= 11 is 0. The molecule has 0 bridgehead atoms. The number of anilines is 1. The van der Waals surface area contributed by atoms with Crippen LogP contribution in [0.3, 0.4) is 0 Å². The van der Waals surface area contributed by atoms with Gasteiger partial charge in [0.15, 0.2) is 12.1 Å². The lowest BCUT2D eigenvalue weighted by Crippen LogP contribution is -2.56. The highest BCUT2D eigenvalue weighted by Crippen LogP contribution is 2.42. The van der Waals surface area contributed by atoms with E-state index in [9.17, 15) is 18.3 Å². The molecule has 2 aliphatic rings. The van der Waals surface area contributed by atoms with Crippen molar-refractivity contribution in [2.45, 2.75) is 45.2 Å². The molecule has 6 nitrogen and oxygen atoms in total. The Morgan fingerprint density at radius 3 is 2.80 bits per heavy atom. The molecule has 3 atom stereocenters. The van der Waals surface area contributed by atoms with Gasteiger partial charge >= 0.3 is 0 Å². The molecule has 1 fully saturated rings. The van der Waals surface area contributed by atoms with Gasteiger partial charge in [0.25, 0.3) is 5.88 Å². The van der Waals surface area contributed by atoms with Crippen LogP contribution in [0.1, 0.15) is 37.1 Å².